The van der Waals surface area contributed by atoms with Crippen molar-refractivity contribution in [2.24, 2.45) is 0 Å². The Morgan fingerprint density at radius 2 is 1.74 bits per heavy atom. The molecule has 0 aliphatic heterocycles. The molecule has 0 aliphatic rings. The third kappa shape index (κ3) is 8.63. The molecule has 198 valence electrons. The molecule has 0 aliphatic carbocycles. The van der Waals surface area contributed by atoms with Crippen molar-refractivity contribution in [2.45, 2.75) is 39.9 Å². The number of methoxy groups -OCH3 is 1. The van der Waals surface area contributed by atoms with E-state index in [9.17, 15) is 23.8 Å². The minimum absolute atomic E-state index is 0. The van der Waals surface area contributed by atoms with E-state index in [2.05, 4.69) is 15.0 Å². The average molecular weight is 557 g/mol. The Kier molecular flexibility index (Phi) is 11.5. The number of aromatic nitrogens is 2. The summed E-state index contributed by atoms with van der Waals surface area (Å²) in [5, 5.41) is 2.36. The van der Waals surface area contributed by atoms with E-state index in [0.29, 0.717) is 16.6 Å². The molecule has 13 nitrogen and oxygen atoms in total. The van der Waals surface area contributed by atoms with Crippen LogP contribution in [0.25, 0.3) is 11.0 Å². The summed E-state index contributed by atoms with van der Waals surface area (Å²) in [7, 11) is -3.87. The zero-order valence-corrected chi connectivity index (χ0v) is 24.3. The van der Waals surface area contributed by atoms with Crippen molar-refractivity contribution in [3.8, 4) is 0 Å². The summed E-state index contributed by atoms with van der Waals surface area (Å²) in [5.74, 6) is -0.366. The van der Waals surface area contributed by atoms with Gasteiger partial charge >= 0.3 is 41.8 Å². The number of phosphoric ester groups is 1. The number of benzene rings is 2. The molecule has 38 heavy (non-hydrogen) atoms. The largest absolute Gasteiger partial charge is 1.00 e. The molecule has 1 N–H and O–H groups in total. The normalized spacial score (nSPS) is 13.2. The monoisotopic (exact) mass is 557 g/mol. The van der Waals surface area contributed by atoms with Crippen molar-refractivity contribution in [3.05, 3.63) is 59.7 Å². The summed E-state index contributed by atoms with van der Waals surface area (Å²) in [4.78, 5) is 52.8. The van der Waals surface area contributed by atoms with Crippen molar-refractivity contribution >= 4 is 42.8 Å². The average Bonchev–Trinajstić information content (AvgIpc) is 3.17. The molecule has 1 heterocycles. The number of imidazole rings is 1. The Balaban J connectivity index is 0.00000507. The van der Waals surface area contributed by atoms with Crippen LogP contribution >= 0.6 is 7.82 Å². The number of carbonyl (C=O) groups excluding carboxylic acids is 3. The minimum Gasteiger partial charge on any atom is -0.756 e. The number of fused-ring (bicyclic) bond motifs is 1. The molecule has 2 unspecified atom stereocenters. The van der Waals surface area contributed by atoms with Gasteiger partial charge in [-0.05, 0) is 39.0 Å². The van der Waals surface area contributed by atoms with Crippen LogP contribution in [0.15, 0.2) is 48.5 Å². The van der Waals surface area contributed by atoms with Gasteiger partial charge in [0.2, 0.25) is 12.2 Å². The maximum atomic E-state index is 12.8. The minimum atomic E-state index is -5.01. The van der Waals surface area contributed by atoms with Gasteiger partial charge in [0.1, 0.15) is 6.73 Å². The summed E-state index contributed by atoms with van der Waals surface area (Å²) in [5.41, 5.74) is 1.40. The summed E-state index contributed by atoms with van der Waals surface area (Å²) >= 11 is 0. The van der Waals surface area contributed by atoms with Crippen LogP contribution in [0.1, 0.15) is 36.7 Å². The molecule has 1 aromatic heterocycles. The summed E-state index contributed by atoms with van der Waals surface area (Å²) in [6.07, 6.45) is -4.00. The van der Waals surface area contributed by atoms with Gasteiger partial charge in [0, 0.05) is 11.1 Å². The quantitative estimate of drug-likeness (QED) is 0.123. The first-order valence-corrected chi connectivity index (χ1v) is 12.4. The number of rotatable bonds is 10. The van der Waals surface area contributed by atoms with Crippen LogP contribution in [-0.2, 0) is 34.6 Å². The van der Waals surface area contributed by atoms with E-state index in [1.165, 1.54) is 22.8 Å². The number of phosphoric acid groups is 1. The van der Waals surface area contributed by atoms with Crippen LogP contribution < -0.4 is 39.8 Å². The van der Waals surface area contributed by atoms with Crippen LogP contribution in [0.3, 0.4) is 0 Å². The molecule has 0 spiro atoms. The van der Waals surface area contributed by atoms with Gasteiger partial charge in [-0.1, -0.05) is 30.3 Å². The Morgan fingerprint density at radius 1 is 1.05 bits per heavy atom. The van der Waals surface area contributed by atoms with Gasteiger partial charge in [-0.2, -0.15) is 0 Å². The van der Waals surface area contributed by atoms with Crippen LogP contribution in [-0.4, -0.2) is 47.1 Å². The Labute approximate surface area is 240 Å². The number of hydrogen-bond donors (Lipinski definition) is 1. The molecule has 15 heteroatoms. The third-order valence-electron chi connectivity index (χ3n) is 4.66. The SMILES string of the molecule is COC(=O)Nc1nc2cc(C(=O)c3ccccc3)ccc2n1COP(=O)([O-])OC(C)OC(=O)OC(C)C.[Na+]. The van der Waals surface area contributed by atoms with Crippen LogP contribution in [0.4, 0.5) is 15.5 Å². The second-order valence-corrected chi connectivity index (χ2v) is 9.16. The van der Waals surface area contributed by atoms with Crippen LogP contribution in [0, 0.1) is 0 Å². The number of ether oxygens (including phenoxy) is 3. The van der Waals surface area contributed by atoms with Gasteiger partial charge in [0.25, 0.3) is 7.82 Å². The fraction of sp³-hybridized carbons (Fsp3) is 0.304. The number of amides is 1. The van der Waals surface area contributed by atoms with Gasteiger partial charge in [-0.3, -0.25) is 28.3 Å². The molecule has 1 amide bonds. The maximum absolute atomic E-state index is 12.8. The number of ketones is 1. The van der Waals surface area contributed by atoms with Crippen molar-refractivity contribution in [1.82, 2.24) is 9.55 Å². The van der Waals surface area contributed by atoms with E-state index in [1.807, 2.05) is 0 Å². The molecule has 3 aromatic rings. The molecule has 3 rings (SSSR count). The van der Waals surface area contributed by atoms with Gasteiger partial charge in [0.15, 0.2) is 5.78 Å². The van der Waals surface area contributed by atoms with E-state index in [0.717, 1.165) is 14.0 Å². The molecule has 0 bridgehead atoms. The Hall–Kier alpha value is -2.77. The van der Waals surface area contributed by atoms with Crippen molar-refractivity contribution in [1.29, 1.82) is 0 Å². The standard InChI is InChI=1S/C23H26N3O10P.Na/c1-14(2)34-23(29)35-15(3)36-37(30,31)33-13-26-19-11-10-17(20(27)16-8-6-5-7-9-16)12-18(19)24-21(26)25-22(28)32-4;/h5-12,14-15H,13H2,1-4H3,(H,30,31)(H,24,25,28);/q;+1/p-1. The number of nitrogens with zero attached hydrogens (tertiary/aromatic N) is 2. The summed E-state index contributed by atoms with van der Waals surface area (Å²) < 4.78 is 37.2. The first-order chi connectivity index (χ1) is 17.5. The van der Waals surface area contributed by atoms with Crippen LogP contribution in [0.5, 0.6) is 0 Å². The third-order valence-corrected chi connectivity index (χ3v) is 5.65. The van der Waals surface area contributed by atoms with Crippen molar-refractivity contribution < 1.29 is 76.7 Å². The molecule has 0 radical (unpaired) electrons. The zero-order chi connectivity index (χ0) is 27.2. The predicted octanol–water partition coefficient (Wildman–Crippen LogP) is 0.816. The Morgan fingerprint density at radius 3 is 2.37 bits per heavy atom. The fourth-order valence-corrected chi connectivity index (χ4v) is 3.84. The van der Waals surface area contributed by atoms with Crippen molar-refractivity contribution in [2.75, 3.05) is 12.4 Å². The summed E-state index contributed by atoms with van der Waals surface area (Å²) in [6, 6.07) is 13.1. The first-order valence-electron chi connectivity index (χ1n) is 11.0. The molecule has 2 aromatic carbocycles. The molecule has 2 atom stereocenters. The molecular formula is C23H25N3NaO10P. The number of hydrogen-bond acceptors (Lipinski definition) is 11. The maximum Gasteiger partial charge on any atom is 1.00 e. The van der Waals surface area contributed by atoms with E-state index < -0.39 is 39.2 Å². The first kappa shape index (κ1) is 31.4. The zero-order valence-electron chi connectivity index (χ0n) is 21.4. The number of anilines is 1. The van der Waals surface area contributed by atoms with E-state index in [1.54, 1.807) is 44.2 Å². The topological polar surface area (TPSA) is 167 Å². The smallest absolute Gasteiger partial charge is 0.756 e. The van der Waals surface area contributed by atoms with E-state index in [4.69, 9.17) is 18.5 Å². The molecule has 0 fully saturated rings. The van der Waals surface area contributed by atoms with Crippen molar-refractivity contribution in [3.63, 3.8) is 0 Å². The van der Waals surface area contributed by atoms with E-state index in [-0.39, 0.29) is 46.8 Å². The summed E-state index contributed by atoms with van der Waals surface area (Å²) in [6.45, 7) is 3.66. The molecule has 0 saturated heterocycles. The van der Waals surface area contributed by atoms with Gasteiger partial charge in [0.05, 0.1) is 24.2 Å². The predicted molar refractivity (Wildman–Crippen MR) is 128 cm³/mol. The van der Waals surface area contributed by atoms with E-state index >= 15 is 0 Å². The van der Waals surface area contributed by atoms with Crippen LogP contribution in [0.2, 0.25) is 0 Å². The molecular weight excluding hydrogens is 532 g/mol. The van der Waals surface area contributed by atoms with Gasteiger partial charge in [-0.25, -0.2) is 14.6 Å². The molecule has 0 saturated carbocycles. The second-order valence-electron chi connectivity index (χ2n) is 7.79. The fourth-order valence-electron chi connectivity index (χ4n) is 3.11. The number of nitrogens with one attached hydrogen (secondary N) is 1. The second kappa shape index (κ2) is 13.9. The van der Waals surface area contributed by atoms with Gasteiger partial charge in [-0.15, -0.1) is 0 Å². The Bertz CT molecular complexity index is 1330. The number of carbonyl (C=O) groups is 3. The van der Waals surface area contributed by atoms with Gasteiger partial charge < -0.3 is 19.1 Å².